The molecule has 0 amide bonds. The van der Waals surface area contributed by atoms with Crippen LogP contribution in [0.1, 0.15) is 32.6 Å². The third-order valence-electron chi connectivity index (χ3n) is 5.63. The minimum absolute atomic E-state index is 0.0734. The molecule has 2 aliphatic rings. The molecule has 2 rings (SSSR count). The second kappa shape index (κ2) is 20.0. The highest BCUT2D eigenvalue weighted by Gasteiger charge is 2.43. The number of ether oxygens (including phenoxy) is 9. The van der Waals surface area contributed by atoms with Crippen molar-refractivity contribution in [2.45, 2.75) is 62.6 Å². The molecule has 5 unspecified atom stereocenters. The largest absolute Gasteiger partial charge is 0.466 e. The van der Waals surface area contributed by atoms with E-state index in [0.29, 0.717) is 46.1 Å². The van der Waals surface area contributed by atoms with Crippen molar-refractivity contribution >= 4 is 17.9 Å². The van der Waals surface area contributed by atoms with Crippen LogP contribution < -0.4 is 0 Å². The first-order valence-corrected chi connectivity index (χ1v) is 13.8. The number of carbonyl (C=O) groups excluding carboxylic acids is 3. The Kier molecular flexibility index (Phi) is 17.2. The van der Waals surface area contributed by atoms with E-state index in [9.17, 15) is 29.7 Å². The van der Waals surface area contributed by atoms with E-state index in [0.717, 1.165) is 6.42 Å². The minimum atomic E-state index is -2.62. The van der Waals surface area contributed by atoms with Gasteiger partial charge < -0.3 is 58.0 Å². The Morgan fingerprint density at radius 3 is 1.68 bits per heavy atom. The minimum Gasteiger partial charge on any atom is -0.466 e. The normalized spacial score (nSPS) is 20.5. The predicted octanol–water partition coefficient (Wildman–Crippen LogP) is -1.49. The molecule has 5 atom stereocenters. The highest BCUT2D eigenvalue weighted by molar-refractivity contribution is 5.90. The van der Waals surface area contributed by atoms with E-state index in [2.05, 4.69) is 0 Å². The number of hydrogen-bond acceptors (Lipinski definition) is 15. The number of esters is 3. The third kappa shape index (κ3) is 17.6. The fourth-order valence-electron chi connectivity index (χ4n) is 3.14. The molecule has 3 N–H and O–H groups in total. The maximum Gasteiger partial charge on any atom is 0.339 e. The van der Waals surface area contributed by atoms with Crippen molar-refractivity contribution in [1.82, 2.24) is 0 Å². The first kappa shape index (κ1) is 35.2. The molecule has 2 fully saturated rings. The Bertz CT molecular complexity index is 757. The summed E-state index contributed by atoms with van der Waals surface area (Å²) in [4.78, 5) is 37.3. The van der Waals surface area contributed by atoms with Crippen LogP contribution in [0.3, 0.4) is 0 Å². The van der Waals surface area contributed by atoms with Gasteiger partial charge in [0.05, 0.1) is 85.5 Å². The SMILES string of the molecule is CCCCOC(=O)CC(O)(CC(=O)OCC(O)COCCOCC1CO1)C(=O)OCC(O)COCCOCC1CO1. The predicted molar refractivity (Wildman–Crippen MR) is 137 cm³/mol. The Balaban J connectivity index is 1.71. The van der Waals surface area contributed by atoms with E-state index in [-0.39, 0.29) is 45.2 Å². The van der Waals surface area contributed by atoms with Gasteiger partial charge in [-0.15, -0.1) is 0 Å². The molecule has 41 heavy (non-hydrogen) atoms. The number of rotatable bonds is 26. The van der Waals surface area contributed by atoms with E-state index in [1.807, 2.05) is 6.92 Å². The van der Waals surface area contributed by atoms with Gasteiger partial charge in [-0.2, -0.15) is 0 Å². The summed E-state index contributed by atoms with van der Waals surface area (Å²) in [5, 5.41) is 30.9. The van der Waals surface area contributed by atoms with Crippen molar-refractivity contribution in [3.8, 4) is 0 Å². The van der Waals surface area contributed by atoms with Crippen molar-refractivity contribution in [1.29, 1.82) is 0 Å². The number of hydrogen-bond donors (Lipinski definition) is 3. The third-order valence-corrected chi connectivity index (χ3v) is 5.63. The highest BCUT2D eigenvalue weighted by Crippen LogP contribution is 2.20. The van der Waals surface area contributed by atoms with Gasteiger partial charge in [0.25, 0.3) is 0 Å². The number of aliphatic hydroxyl groups excluding tert-OH is 2. The van der Waals surface area contributed by atoms with E-state index in [1.165, 1.54) is 0 Å². The molecule has 238 valence electrons. The van der Waals surface area contributed by atoms with Gasteiger partial charge >= 0.3 is 17.9 Å². The zero-order chi connectivity index (χ0) is 29.9. The van der Waals surface area contributed by atoms with Gasteiger partial charge in [0, 0.05) is 0 Å². The van der Waals surface area contributed by atoms with Crippen LogP contribution >= 0.6 is 0 Å². The molecule has 0 aromatic carbocycles. The fraction of sp³-hybridized carbons (Fsp3) is 0.885. The first-order chi connectivity index (χ1) is 19.7. The van der Waals surface area contributed by atoms with E-state index >= 15 is 0 Å². The Morgan fingerprint density at radius 2 is 1.20 bits per heavy atom. The van der Waals surface area contributed by atoms with Crippen LogP contribution in [0.4, 0.5) is 0 Å². The lowest BCUT2D eigenvalue weighted by Crippen LogP contribution is -2.46. The molecule has 0 aromatic rings. The van der Waals surface area contributed by atoms with Gasteiger partial charge in [0.15, 0.2) is 5.60 Å². The summed E-state index contributed by atoms with van der Waals surface area (Å²) in [6, 6.07) is 0. The van der Waals surface area contributed by atoms with Crippen LogP contribution in [-0.4, -0.2) is 149 Å². The standard InChI is InChI=1S/C26H44O15/c1-2-3-4-37-23(29)9-26(32,25(31)41-14-20(28)12-34-6-8-36-16-22-18-39-22)10-24(30)40-13-19(27)11-33-5-7-35-15-21-17-38-21/h19-22,27-28,32H,2-18H2,1H3. The molecular formula is C26H44O15. The molecule has 0 aliphatic carbocycles. The van der Waals surface area contributed by atoms with Crippen molar-refractivity contribution in [2.24, 2.45) is 0 Å². The van der Waals surface area contributed by atoms with Gasteiger partial charge in [0.1, 0.15) is 37.6 Å². The van der Waals surface area contributed by atoms with Gasteiger partial charge in [-0.1, -0.05) is 13.3 Å². The lowest BCUT2D eigenvalue weighted by molar-refractivity contribution is -0.181. The average molecular weight is 597 g/mol. The van der Waals surface area contributed by atoms with Crippen LogP contribution in [-0.2, 0) is 57.0 Å². The van der Waals surface area contributed by atoms with Crippen molar-refractivity contribution in [3.63, 3.8) is 0 Å². The van der Waals surface area contributed by atoms with Gasteiger partial charge in [-0.3, -0.25) is 9.59 Å². The summed E-state index contributed by atoms with van der Waals surface area (Å²) in [5.41, 5.74) is -2.62. The van der Waals surface area contributed by atoms with Crippen molar-refractivity contribution in [3.05, 3.63) is 0 Å². The van der Waals surface area contributed by atoms with Gasteiger partial charge in [-0.25, -0.2) is 4.79 Å². The molecular weight excluding hydrogens is 552 g/mol. The molecule has 15 nitrogen and oxygen atoms in total. The zero-order valence-electron chi connectivity index (χ0n) is 23.6. The fourth-order valence-corrected chi connectivity index (χ4v) is 3.14. The summed E-state index contributed by atoms with van der Waals surface area (Å²) < 4.78 is 46.0. The molecule has 2 aliphatic heterocycles. The topological polar surface area (TPSA) is 202 Å². The van der Waals surface area contributed by atoms with E-state index < -0.39 is 61.8 Å². The quantitative estimate of drug-likeness (QED) is 0.0451. The number of aliphatic hydroxyl groups is 3. The highest BCUT2D eigenvalue weighted by atomic mass is 16.6. The van der Waals surface area contributed by atoms with Crippen LogP contribution in [0.2, 0.25) is 0 Å². The average Bonchev–Trinajstić information content (AvgIpc) is 3.86. The Morgan fingerprint density at radius 1 is 0.732 bits per heavy atom. The summed E-state index contributed by atoms with van der Waals surface area (Å²) >= 11 is 0. The summed E-state index contributed by atoms with van der Waals surface area (Å²) in [7, 11) is 0. The van der Waals surface area contributed by atoms with Crippen molar-refractivity contribution in [2.75, 3.05) is 85.9 Å². The lowest BCUT2D eigenvalue weighted by Gasteiger charge is -2.25. The molecule has 0 bridgehead atoms. The maximum absolute atomic E-state index is 12.7. The molecule has 2 saturated heterocycles. The monoisotopic (exact) mass is 596 g/mol. The smallest absolute Gasteiger partial charge is 0.339 e. The lowest BCUT2D eigenvalue weighted by atomic mass is 9.95. The van der Waals surface area contributed by atoms with E-state index in [1.54, 1.807) is 0 Å². The second-order valence-corrected chi connectivity index (χ2v) is 9.76. The number of epoxide rings is 2. The summed E-state index contributed by atoms with van der Waals surface area (Å²) in [6.45, 7) is 3.89. The van der Waals surface area contributed by atoms with E-state index in [4.69, 9.17) is 42.6 Å². The van der Waals surface area contributed by atoms with Gasteiger partial charge in [0.2, 0.25) is 0 Å². The second-order valence-electron chi connectivity index (χ2n) is 9.76. The van der Waals surface area contributed by atoms with Crippen LogP contribution in [0.15, 0.2) is 0 Å². The molecule has 2 heterocycles. The summed E-state index contributed by atoms with van der Waals surface area (Å²) in [5.74, 6) is -3.32. The van der Waals surface area contributed by atoms with Crippen LogP contribution in [0, 0.1) is 0 Å². The van der Waals surface area contributed by atoms with Crippen LogP contribution in [0.25, 0.3) is 0 Å². The molecule has 0 radical (unpaired) electrons. The maximum atomic E-state index is 12.7. The molecule has 0 spiro atoms. The van der Waals surface area contributed by atoms with Gasteiger partial charge in [-0.05, 0) is 6.42 Å². The molecule has 0 aromatic heterocycles. The Hall–Kier alpha value is -1.95. The molecule has 15 heteroatoms. The zero-order valence-corrected chi connectivity index (χ0v) is 23.6. The first-order valence-electron chi connectivity index (χ1n) is 13.8. The Labute approximate surface area is 239 Å². The number of unbranched alkanes of at least 4 members (excludes halogenated alkanes) is 1. The van der Waals surface area contributed by atoms with Crippen LogP contribution in [0.5, 0.6) is 0 Å². The molecule has 0 saturated carbocycles. The number of carbonyl (C=O) groups is 3. The summed E-state index contributed by atoms with van der Waals surface area (Å²) in [6.07, 6.45) is -2.65. The van der Waals surface area contributed by atoms with Crippen molar-refractivity contribution < 1.29 is 72.3 Å².